The second-order valence-corrected chi connectivity index (χ2v) is 5.58. The van der Waals surface area contributed by atoms with Crippen LogP contribution in [0.2, 0.25) is 0 Å². The third-order valence-corrected chi connectivity index (χ3v) is 3.50. The van der Waals surface area contributed by atoms with Crippen molar-refractivity contribution >= 4 is 28.8 Å². The van der Waals surface area contributed by atoms with E-state index in [-0.39, 0.29) is 10.9 Å². The lowest BCUT2D eigenvalue weighted by Gasteiger charge is -2.11. The zero-order valence-electron chi connectivity index (χ0n) is 12.1. The number of hydrogen-bond acceptors (Lipinski definition) is 2. The number of benzene rings is 2. The Morgan fingerprint density at radius 2 is 1.71 bits per heavy atom. The van der Waals surface area contributed by atoms with E-state index in [0.717, 1.165) is 0 Å². The Balaban J connectivity index is 2.20. The molecule has 0 saturated carbocycles. The van der Waals surface area contributed by atoms with Crippen LogP contribution in [0.25, 0.3) is 0 Å². The maximum Gasteiger partial charge on any atom is 0.255 e. The van der Waals surface area contributed by atoms with Gasteiger partial charge in [0.2, 0.25) is 0 Å². The summed E-state index contributed by atoms with van der Waals surface area (Å²) in [4.78, 5) is 12.5. The minimum absolute atomic E-state index is 0.172. The van der Waals surface area contributed by atoms with Crippen LogP contribution in [0.5, 0.6) is 0 Å². The van der Waals surface area contributed by atoms with Crippen molar-refractivity contribution in [1.29, 1.82) is 0 Å². The molecule has 0 aliphatic rings. The van der Waals surface area contributed by atoms with E-state index in [9.17, 15) is 4.79 Å². The Bertz CT molecular complexity index is 663. The first-order chi connectivity index (χ1) is 9.99. The minimum Gasteiger partial charge on any atom is -0.389 e. The molecule has 3 nitrogen and oxygen atoms in total. The summed E-state index contributed by atoms with van der Waals surface area (Å²) in [5.74, 6) is 0.270. The number of nitrogens with one attached hydrogen (secondary N) is 1. The van der Waals surface area contributed by atoms with E-state index >= 15 is 0 Å². The molecule has 2 aromatic carbocycles. The van der Waals surface area contributed by atoms with Crippen LogP contribution in [-0.2, 0) is 0 Å². The summed E-state index contributed by atoms with van der Waals surface area (Å²) in [6, 6.07) is 14.8. The molecule has 3 N–H and O–H groups in total. The molecule has 0 radical (unpaired) electrons. The molecular weight excluding hydrogens is 280 g/mol. The van der Waals surface area contributed by atoms with Crippen LogP contribution in [0, 0.1) is 0 Å². The van der Waals surface area contributed by atoms with Gasteiger partial charge in [-0.2, -0.15) is 0 Å². The van der Waals surface area contributed by atoms with Gasteiger partial charge in [0.05, 0.1) is 5.69 Å². The number of thiocarbonyl (C=S) groups is 1. The molecule has 21 heavy (non-hydrogen) atoms. The van der Waals surface area contributed by atoms with Gasteiger partial charge in [0.25, 0.3) is 5.91 Å². The lowest BCUT2D eigenvalue weighted by molar-refractivity contribution is 0.102. The standard InChI is InChI=1S/C17H18N2OS/c1-11(2)12-7-9-13(10-8-12)17(20)19-15-6-4-3-5-14(15)16(18)21/h3-11H,1-2H3,(H2,18,21)(H,19,20). The van der Waals surface area contributed by atoms with E-state index in [0.29, 0.717) is 22.7 Å². The normalized spacial score (nSPS) is 10.4. The second kappa shape index (κ2) is 6.50. The first-order valence-electron chi connectivity index (χ1n) is 6.79. The molecule has 2 rings (SSSR count). The molecule has 0 atom stereocenters. The van der Waals surface area contributed by atoms with Crippen molar-refractivity contribution in [2.45, 2.75) is 19.8 Å². The third kappa shape index (κ3) is 3.67. The highest BCUT2D eigenvalue weighted by molar-refractivity contribution is 7.80. The number of para-hydroxylation sites is 1. The SMILES string of the molecule is CC(C)c1ccc(C(=O)Nc2ccccc2C(N)=S)cc1. The molecule has 0 aliphatic carbocycles. The molecule has 0 spiro atoms. The molecule has 0 unspecified atom stereocenters. The van der Waals surface area contributed by atoms with Gasteiger partial charge in [0, 0.05) is 11.1 Å². The first-order valence-corrected chi connectivity index (χ1v) is 7.20. The van der Waals surface area contributed by atoms with E-state index in [1.54, 1.807) is 12.1 Å². The molecular formula is C17H18N2OS. The Labute approximate surface area is 130 Å². The quantitative estimate of drug-likeness (QED) is 0.846. The van der Waals surface area contributed by atoms with Gasteiger partial charge in [-0.15, -0.1) is 0 Å². The first kappa shape index (κ1) is 15.2. The van der Waals surface area contributed by atoms with Gasteiger partial charge in [-0.05, 0) is 35.7 Å². The highest BCUT2D eigenvalue weighted by atomic mass is 32.1. The molecule has 1 amide bonds. The number of carbonyl (C=O) groups is 1. The molecule has 0 aromatic heterocycles. The van der Waals surface area contributed by atoms with Crippen LogP contribution in [0.3, 0.4) is 0 Å². The van der Waals surface area contributed by atoms with E-state index < -0.39 is 0 Å². The minimum atomic E-state index is -0.172. The van der Waals surface area contributed by atoms with Crippen molar-refractivity contribution in [3.63, 3.8) is 0 Å². The molecule has 0 saturated heterocycles. The smallest absolute Gasteiger partial charge is 0.255 e. The van der Waals surface area contributed by atoms with Crippen molar-refractivity contribution in [1.82, 2.24) is 0 Å². The number of hydrogen-bond donors (Lipinski definition) is 2. The molecule has 0 bridgehead atoms. The fraction of sp³-hybridized carbons (Fsp3) is 0.176. The van der Waals surface area contributed by atoms with Crippen molar-refractivity contribution < 1.29 is 4.79 Å². The molecule has 0 aliphatic heterocycles. The highest BCUT2D eigenvalue weighted by Crippen LogP contribution is 2.18. The zero-order chi connectivity index (χ0) is 15.4. The lowest BCUT2D eigenvalue weighted by atomic mass is 10.0. The average Bonchev–Trinajstić information content (AvgIpc) is 2.47. The van der Waals surface area contributed by atoms with E-state index in [2.05, 4.69) is 19.2 Å². The summed E-state index contributed by atoms with van der Waals surface area (Å²) in [6.07, 6.45) is 0. The fourth-order valence-electron chi connectivity index (χ4n) is 2.02. The van der Waals surface area contributed by atoms with Gasteiger partial charge in [0.15, 0.2) is 0 Å². The van der Waals surface area contributed by atoms with Crippen LogP contribution in [0.15, 0.2) is 48.5 Å². The van der Waals surface area contributed by atoms with Gasteiger partial charge >= 0.3 is 0 Å². The predicted molar refractivity (Wildman–Crippen MR) is 90.8 cm³/mol. The fourth-order valence-corrected chi connectivity index (χ4v) is 2.20. The summed E-state index contributed by atoms with van der Waals surface area (Å²) < 4.78 is 0. The van der Waals surface area contributed by atoms with Gasteiger partial charge in [-0.1, -0.05) is 50.3 Å². The number of rotatable bonds is 4. The predicted octanol–water partition coefficient (Wildman–Crippen LogP) is 3.70. The van der Waals surface area contributed by atoms with Crippen LogP contribution in [-0.4, -0.2) is 10.9 Å². The summed E-state index contributed by atoms with van der Waals surface area (Å²) in [5.41, 5.74) is 8.77. The Kier molecular flexibility index (Phi) is 4.70. The Morgan fingerprint density at radius 3 is 2.29 bits per heavy atom. The van der Waals surface area contributed by atoms with E-state index in [4.69, 9.17) is 18.0 Å². The van der Waals surface area contributed by atoms with E-state index in [1.165, 1.54) is 5.56 Å². The summed E-state index contributed by atoms with van der Waals surface area (Å²) >= 11 is 4.99. The summed E-state index contributed by atoms with van der Waals surface area (Å²) in [6.45, 7) is 4.24. The Hall–Kier alpha value is -2.20. The number of carbonyl (C=O) groups excluding carboxylic acids is 1. The third-order valence-electron chi connectivity index (χ3n) is 3.28. The van der Waals surface area contributed by atoms with Gasteiger partial charge in [0.1, 0.15) is 4.99 Å². The number of amides is 1. The van der Waals surface area contributed by atoms with Crippen molar-refractivity contribution in [3.8, 4) is 0 Å². The van der Waals surface area contributed by atoms with Crippen molar-refractivity contribution in [3.05, 3.63) is 65.2 Å². The molecule has 2 aromatic rings. The largest absolute Gasteiger partial charge is 0.389 e. The Morgan fingerprint density at radius 1 is 1.10 bits per heavy atom. The summed E-state index contributed by atoms with van der Waals surface area (Å²) in [7, 11) is 0. The average molecular weight is 298 g/mol. The van der Waals surface area contributed by atoms with Gasteiger partial charge in [-0.3, -0.25) is 4.79 Å². The second-order valence-electron chi connectivity index (χ2n) is 5.14. The topological polar surface area (TPSA) is 55.1 Å². The highest BCUT2D eigenvalue weighted by Gasteiger charge is 2.10. The van der Waals surface area contributed by atoms with Crippen LogP contribution in [0.1, 0.15) is 41.3 Å². The van der Waals surface area contributed by atoms with Crippen LogP contribution >= 0.6 is 12.2 Å². The molecule has 0 heterocycles. The maximum absolute atomic E-state index is 12.3. The summed E-state index contributed by atoms with van der Waals surface area (Å²) in [5, 5.41) is 2.85. The van der Waals surface area contributed by atoms with Crippen molar-refractivity contribution in [2.75, 3.05) is 5.32 Å². The molecule has 108 valence electrons. The van der Waals surface area contributed by atoms with Crippen LogP contribution < -0.4 is 11.1 Å². The van der Waals surface area contributed by atoms with Gasteiger partial charge in [-0.25, -0.2) is 0 Å². The lowest BCUT2D eigenvalue weighted by Crippen LogP contribution is -2.17. The van der Waals surface area contributed by atoms with Gasteiger partial charge < -0.3 is 11.1 Å². The monoisotopic (exact) mass is 298 g/mol. The zero-order valence-corrected chi connectivity index (χ0v) is 12.9. The van der Waals surface area contributed by atoms with E-state index in [1.807, 2.05) is 36.4 Å². The maximum atomic E-state index is 12.3. The van der Waals surface area contributed by atoms with Crippen LogP contribution in [0.4, 0.5) is 5.69 Å². The molecule has 4 heteroatoms. The van der Waals surface area contributed by atoms with Crippen molar-refractivity contribution in [2.24, 2.45) is 5.73 Å². The number of anilines is 1. The number of nitrogens with two attached hydrogens (primary N) is 1. The molecule has 0 fully saturated rings.